The van der Waals surface area contributed by atoms with E-state index in [1.807, 2.05) is 0 Å². The summed E-state index contributed by atoms with van der Waals surface area (Å²) in [5.74, 6) is -0.835. The zero-order chi connectivity index (χ0) is 15.2. The molecule has 0 aliphatic carbocycles. The third-order valence-electron chi connectivity index (χ3n) is 2.93. The molecule has 1 rings (SSSR count). The first kappa shape index (κ1) is 16.3. The van der Waals surface area contributed by atoms with Gasteiger partial charge in [-0.05, 0) is 18.6 Å². The Hall–Kier alpha value is -1.76. The highest BCUT2D eigenvalue weighted by Gasteiger charge is 2.14. The fourth-order valence-electron chi connectivity index (χ4n) is 1.84. The predicted molar refractivity (Wildman–Crippen MR) is 79.6 cm³/mol. The SMILES string of the molecule is CCS(=O)(=O)CCCN(CC(=O)O)c1ccccc1N. The minimum absolute atomic E-state index is 0.0480. The number of carbonyl (C=O) groups is 1. The number of nitrogen functional groups attached to an aromatic ring is 1. The zero-order valence-electron chi connectivity index (χ0n) is 11.4. The van der Waals surface area contributed by atoms with Crippen LogP contribution in [0.4, 0.5) is 11.4 Å². The summed E-state index contributed by atoms with van der Waals surface area (Å²) in [6.07, 6.45) is 0.373. The molecule has 0 spiro atoms. The van der Waals surface area contributed by atoms with Crippen LogP contribution in [0.2, 0.25) is 0 Å². The van der Waals surface area contributed by atoms with Gasteiger partial charge in [0, 0.05) is 12.3 Å². The topological polar surface area (TPSA) is 101 Å². The average Bonchev–Trinajstić information content (AvgIpc) is 2.37. The van der Waals surface area contributed by atoms with Crippen LogP contribution in [0.1, 0.15) is 13.3 Å². The molecule has 0 bridgehead atoms. The molecule has 0 heterocycles. The number of hydrogen-bond acceptors (Lipinski definition) is 5. The molecule has 1 aromatic rings. The summed E-state index contributed by atoms with van der Waals surface area (Å²) >= 11 is 0. The molecule has 3 N–H and O–H groups in total. The Bertz CT molecular complexity index is 557. The Morgan fingerprint density at radius 3 is 2.55 bits per heavy atom. The van der Waals surface area contributed by atoms with Crippen LogP contribution in [0.15, 0.2) is 24.3 Å². The molecule has 0 fully saturated rings. The molecule has 0 amide bonds. The average molecular weight is 300 g/mol. The van der Waals surface area contributed by atoms with E-state index in [4.69, 9.17) is 10.8 Å². The summed E-state index contributed by atoms with van der Waals surface area (Å²) in [5.41, 5.74) is 6.92. The van der Waals surface area contributed by atoms with Crippen molar-refractivity contribution >= 4 is 27.2 Å². The Labute approximate surface area is 119 Å². The first-order valence-electron chi connectivity index (χ1n) is 6.37. The molecule has 0 atom stereocenters. The number of aliphatic carboxylic acids is 1. The number of sulfone groups is 1. The van der Waals surface area contributed by atoms with Gasteiger partial charge in [-0.15, -0.1) is 0 Å². The lowest BCUT2D eigenvalue weighted by molar-refractivity contribution is -0.135. The van der Waals surface area contributed by atoms with Crippen LogP contribution >= 0.6 is 0 Å². The summed E-state index contributed by atoms with van der Waals surface area (Å²) in [5, 5.41) is 8.94. The van der Waals surface area contributed by atoms with Crippen molar-refractivity contribution in [3.05, 3.63) is 24.3 Å². The maximum Gasteiger partial charge on any atom is 0.323 e. The van der Waals surface area contributed by atoms with E-state index in [0.29, 0.717) is 24.3 Å². The smallest absolute Gasteiger partial charge is 0.323 e. The van der Waals surface area contributed by atoms with Crippen LogP contribution in [0.3, 0.4) is 0 Å². The summed E-state index contributed by atoms with van der Waals surface area (Å²) in [6, 6.07) is 6.95. The Kier molecular flexibility index (Phi) is 5.82. The van der Waals surface area contributed by atoms with E-state index in [1.54, 1.807) is 36.1 Å². The number of hydrogen-bond donors (Lipinski definition) is 2. The second-order valence-corrected chi connectivity index (χ2v) is 6.94. The van der Waals surface area contributed by atoms with Crippen molar-refractivity contribution in [2.24, 2.45) is 0 Å². The van der Waals surface area contributed by atoms with E-state index in [0.717, 1.165) is 0 Å². The van der Waals surface area contributed by atoms with Crippen LogP contribution in [0, 0.1) is 0 Å². The van der Waals surface area contributed by atoms with E-state index < -0.39 is 15.8 Å². The van der Waals surface area contributed by atoms with Crippen LogP contribution in [0.5, 0.6) is 0 Å². The van der Waals surface area contributed by atoms with Crippen LogP contribution < -0.4 is 10.6 Å². The number of nitrogens with zero attached hydrogens (tertiary/aromatic N) is 1. The van der Waals surface area contributed by atoms with Gasteiger partial charge in [0.15, 0.2) is 0 Å². The number of benzene rings is 1. The Balaban J connectivity index is 2.76. The Morgan fingerprint density at radius 1 is 1.35 bits per heavy atom. The van der Waals surface area contributed by atoms with Gasteiger partial charge in [-0.2, -0.15) is 0 Å². The van der Waals surface area contributed by atoms with Gasteiger partial charge in [0.25, 0.3) is 0 Å². The fourth-order valence-corrected chi connectivity index (χ4v) is 2.70. The maximum atomic E-state index is 11.4. The predicted octanol–water partition coefficient (Wildman–Crippen LogP) is 0.985. The second kappa shape index (κ2) is 7.14. The molecule has 0 aliphatic rings. The number of carboxylic acid groups (broad SMARTS) is 1. The third kappa shape index (κ3) is 5.08. The molecule has 112 valence electrons. The molecule has 1 aromatic carbocycles. The monoisotopic (exact) mass is 300 g/mol. The van der Waals surface area contributed by atoms with Gasteiger partial charge in [-0.1, -0.05) is 19.1 Å². The number of rotatable bonds is 8. The molecule has 0 saturated carbocycles. The largest absolute Gasteiger partial charge is 0.480 e. The van der Waals surface area contributed by atoms with E-state index in [9.17, 15) is 13.2 Å². The van der Waals surface area contributed by atoms with E-state index >= 15 is 0 Å². The Morgan fingerprint density at radius 2 is 2.00 bits per heavy atom. The van der Waals surface area contributed by atoms with Crippen molar-refractivity contribution in [1.29, 1.82) is 0 Å². The van der Waals surface area contributed by atoms with Crippen LogP contribution in [-0.4, -0.2) is 44.1 Å². The van der Waals surface area contributed by atoms with Crippen molar-refractivity contribution < 1.29 is 18.3 Å². The quantitative estimate of drug-likeness (QED) is 0.694. The minimum atomic E-state index is -3.04. The van der Waals surface area contributed by atoms with Gasteiger partial charge in [0.05, 0.1) is 17.1 Å². The standard InChI is InChI=1S/C13H20N2O4S/c1-2-20(18,19)9-5-8-15(10-13(16)17)12-7-4-3-6-11(12)14/h3-4,6-7H,2,5,8-10,14H2,1H3,(H,16,17). The normalized spacial score (nSPS) is 11.2. The molecule has 20 heavy (non-hydrogen) atoms. The summed E-state index contributed by atoms with van der Waals surface area (Å²) in [4.78, 5) is 12.5. The van der Waals surface area contributed by atoms with Crippen LogP contribution in [0.25, 0.3) is 0 Å². The minimum Gasteiger partial charge on any atom is -0.480 e. The maximum absolute atomic E-state index is 11.4. The highest BCUT2D eigenvalue weighted by molar-refractivity contribution is 7.91. The lowest BCUT2D eigenvalue weighted by Crippen LogP contribution is -2.32. The first-order chi connectivity index (χ1) is 9.35. The number of para-hydroxylation sites is 2. The lowest BCUT2D eigenvalue weighted by atomic mass is 10.2. The zero-order valence-corrected chi connectivity index (χ0v) is 12.3. The summed E-state index contributed by atoms with van der Waals surface area (Å²) in [6.45, 7) is 1.72. The van der Waals surface area contributed by atoms with Crippen LogP contribution in [-0.2, 0) is 14.6 Å². The summed E-state index contributed by atoms with van der Waals surface area (Å²) in [7, 11) is -3.04. The number of carboxylic acids is 1. The molecule has 0 unspecified atom stereocenters. The van der Waals surface area contributed by atoms with E-state index in [1.165, 1.54) is 0 Å². The van der Waals surface area contributed by atoms with Crippen molar-refractivity contribution in [2.75, 3.05) is 35.2 Å². The number of anilines is 2. The molecule has 0 aromatic heterocycles. The van der Waals surface area contributed by atoms with Gasteiger partial charge in [-0.25, -0.2) is 8.42 Å². The molecule has 0 radical (unpaired) electrons. The van der Waals surface area contributed by atoms with Crippen molar-refractivity contribution in [1.82, 2.24) is 0 Å². The third-order valence-corrected chi connectivity index (χ3v) is 4.72. The summed E-state index contributed by atoms with van der Waals surface area (Å²) < 4.78 is 22.9. The van der Waals surface area contributed by atoms with Crippen molar-refractivity contribution in [3.63, 3.8) is 0 Å². The highest BCUT2D eigenvalue weighted by Crippen LogP contribution is 2.22. The van der Waals surface area contributed by atoms with Gasteiger partial charge in [0.2, 0.25) is 0 Å². The first-order valence-corrected chi connectivity index (χ1v) is 8.19. The molecular formula is C13H20N2O4S. The number of nitrogens with two attached hydrogens (primary N) is 1. The van der Waals surface area contributed by atoms with E-state index in [2.05, 4.69) is 0 Å². The van der Waals surface area contributed by atoms with Gasteiger partial charge >= 0.3 is 5.97 Å². The highest BCUT2D eigenvalue weighted by atomic mass is 32.2. The molecular weight excluding hydrogens is 280 g/mol. The molecule has 0 saturated heterocycles. The molecule has 0 aliphatic heterocycles. The molecule has 6 nitrogen and oxygen atoms in total. The fraction of sp³-hybridized carbons (Fsp3) is 0.462. The van der Waals surface area contributed by atoms with Crippen molar-refractivity contribution in [3.8, 4) is 0 Å². The lowest BCUT2D eigenvalue weighted by Gasteiger charge is -2.24. The van der Waals surface area contributed by atoms with Gasteiger partial charge in [-0.3, -0.25) is 4.79 Å². The second-order valence-electron chi connectivity index (χ2n) is 4.46. The molecule has 7 heteroatoms. The van der Waals surface area contributed by atoms with Gasteiger partial charge in [0.1, 0.15) is 16.4 Å². The van der Waals surface area contributed by atoms with Crippen molar-refractivity contribution in [2.45, 2.75) is 13.3 Å². The van der Waals surface area contributed by atoms with Gasteiger partial charge < -0.3 is 15.7 Å². The van der Waals surface area contributed by atoms with E-state index in [-0.39, 0.29) is 18.1 Å².